The van der Waals surface area contributed by atoms with Crippen LogP contribution in [0.2, 0.25) is 5.02 Å². The van der Waals surface area contributed by atoms with Crippen molar-refractivity contribution in [3.63, 3.8) is 0 Å². The van der Waals surface area contributed by atoms with Crippen LogP contribution in [0.4, 0.5) is 10.1 Å². The molecule has 0 amide bonds. The number of hydrogen-bond acceptors (Lipinski definition) is 3. The molecule has 0 unspecified atom stereocenters. The van der Waals surface area contributed by atoms with E-state index in [1.54, 1.807) is 12.1 Å². The number of benzene rings is 3. The highest BCUT2D eigenvalue weighted by Crippen LogP contribution is 2.38. The molecule has 3 nitrogen and oxygen atoms in total. The molecule has 3 aromatic rings. The van der Waals surface area contributed by atoms with Crippen molar-refractivity contribution in [3.05, 3.63) is 87.1 Å². The molecule has 0 atom stereocenters. The maximum atomic E-state index is 13.1. The van der Waals surface area contributed by atoms with Crippen LogP contribution in [0.5, 0.6) is 11.5 Å². The van der Waals surface area contributed by atoms with Crippen LogP contribution < -0.4 is 14.8 Å². The lowest BCUT2D eigenvalue weighted by Gasteiger charge is -2.16. The second kappa shape index (κ2) is 9.80. The highest BCUT2D eigenvalue weighted by atomic mass is 79.9. The van der Waals surface area contributed by atoms with Crippen LogP contribution in [0.3, 0.4) is 0 Å². The van der Waals surface area contributed by atoms with E-state index in [0.717, 1.165) is 21.3 Å². The standard InChI is InChI=1S/C22H20BrClFNO2/c1-2-27-21-12-16(13-26-20-6-4-3-5-19(20)24)11-18(23)22(21)28-14-15-7-9-17(25)10-8-15/h3-12,26H,2,13-14H2,1H3. The first-order valence-electron chi connectivity index (χ1n) is 8.87. The third-order valence-electron chi connectivity index (χ3n) is 4.02. The third-order valence-corrected chi connectivity index (χ3v) is 4.94. The molecule has 0 fully saturated rings. The van der Waals surface area contributed by atoms with Crippen molar-refractivity contribution in [1.82, 2.24) is 0 Å². The van der Waals surface area contributed by atoms with E-state index in [1.165, 1.54) is 12.1 Å². The fourth-order valence-electron chi connectivity index (χ4n) is 2.66. The van der Waals surface area contributed by atoms with Gasteiger partial charge in [-0.1, -0.05) is 35.9 Å². The zero-order valence-electron chi connectivity index (χ0n) is 15.3. The Morgan fingerprint density at radius 3 is 2.46 bits per heavy atom. The Bertz CT molecular complexity index is 934. The number of halogens is 3. The zero-order valence-corrected chi connectivity index (χ0v) is 17.7. The van der Waals surface area contributed by atoms with Gasteiger partial charge in [-0.2, -0.15) is 0 Å². The molecule has 28 heavy (non-hydrogen) atoms. The second-order valence-corrected chi connectivity index (χ2v) is 7.35. The molecular formula is C22H20BrClFNO2. The van der Waals surface area contributed by atoms with Crippen molar-refractivity contribution in [1.29, 1.82) is 0 Å². The van der Waals surface area contributed by atoms with E-state index in [1.807, 2.05) is 43.3 Å². The number of ether oxygens (including phenoxy) is 2. The molecule has 0 aliphatic carbocycles. The summed E-state index contributed by atoms with van der Waals surface area (Å²) in [6, 6.07) is 17.8. The summed E-state index contributed by atoms with van der Waals surface area (Å²) in [5.41, 5.74) is 2.76. The maximum Gasteiger partial charge on any atom is 0.175 e. The van der Waals surface area contributed by atoms with Gasteiger partial charge in [-0.15, -0.1) is 0 Å². The van der Waals surface area contributed by atoms with Gasteiger partial charge in [0.05, 0.1) is 21.8 Å². The maximum absolute atomic E-state index is 13.1. The molecule has 0 aromatic heterocycles. The number of nitrogens with one attached hydrogen (secondary N) is 1. The Labute approximate surface area is 177 Å². The zero-order chi connectivity index (χ0) is 19.9. The summed E-state index contributed by atoms with van der Waals surface area (Å²) in [5, 5.41) is 4.00. The molecule has 0 radical (unpaired) electrons. The van der Waals surface area contributed by atoms with Gasteiger partial charge in [0.15, 0.2) is 11.5 Å². The number of anilines is 1. The molecule has 6 heteroatoms. The molecule has 0 aliphatic heterocycles. The fraction of sp³-hybridized carbons (Fsp3) is 0.182. The lowest BCUT2D eigenvalue weighted by Crippen LogP contribution is -2.04. The molecule has 0 saturated heterocycles. The second-order valence-electron chi connectivity index (χ2n) is 6.09. The van der Waals surface area contributed by atoms with Crippen molar-refractivity contribution in [2.24, 2.45) is 0 Å². The summed E-state index contributed by atoms with van der Waals surface area (Å²) in [5.74, 6) is 0.998. The van der Waals surface area contributed by atoms with Gasteiger partial charge in [0, 0.05) is 6.54 Å². The topological polar surface area (TPSA) is 30.5 Å². The van der Waals surface area contributed by atoms with E-state index < -0.39 is 0 Å². The largest absolute Gasteiger partial charge is 0.490 e. The van der Waals surface area contributed by atoms with Crippen molar-refractivity contribution >= 4 is 33.2 Å². The first-order valence-corrected chi connectivity index (χ1v) is 10.0. The summed E-state index contributed by atoms with van der Waals surface area (Å²) < 4.78 is 25.6. The predicted molar refractivity (Wildman–Crippen MR) is 115 cm³/mol. The average molecular weight is 465 g/mol. The van der Waals surface area contributed by atoms with Crippen LogP contribution >= 0.6 is 27.5 Å². The Balaban J connectivity index is 1.75. The lowest BCUT2D eigenvalue weighted by atomic mass is 10.2. The molecule has 3 rings (SSSR count). The minimum absolute atomic E-state index is 0.268. The number of para-hydroxylation sites is 1. The van der Waals surface area contributed by atoms with E-state index in [-0.39, 0.29) is 5.82 Å². The normalized spacial score (nSPS) is 10.6. The molecule has 0 saturated carbocycles. The minimum Gasteiger partial charge on any atom is -0.490 e. The van der Waals surface area contributed by atoms with Crippen molar-refractivity contribution < 1.29 is 13.9 Å². The van der Waals surface area contributed by atoms with Crippen molar-refractivity contribution in [2.45, 2.75) is 20.1 Å². The van der Waals surface area contributed by atoms with Gasteiger partial charge in [-0.05, 0) is 70.4 Å². The monoisotopic (exact) mass is 463 g/mol. The Hall–Kier alpha value is -2.24. The quantitative estimate of drug-likeness (QED) is 0.396. The summed E-state index contributed by atoms with van der Waals surface area (Å²) in [7, 11) is 0. The van der Waals surface area contributed by atoms with Crippen LogP contribution in [0.25, 0.3) is 0 Å². The minimum atomic E-state index is -0.268. The van der Waals surface area contributed by atoms with Crippen LogP contribution in [-0.4, -0.2) is 6.61 Å². The molecule has 0 heterocycles. The van der Waals surface area contributed by atoms with E-state index in [0.29, 0.717) is 36.3 Å². The van der Waals surface area contributed by atoms with E-state index in [9.17, 15) is 4.39 Å². The summed E-state index contributed by atoms with van der Waals surface area (Å²) in [6.45, 7) is 3.34. The summed E-state index contributed by atoms with van der Waals surface area (Å²) in [6.07, 6.45) is 0. The predicted octanol–water partition coefficient (Wildman–Crippen LogP) is 6.83. The third kappa shape index (κ3) is 5.40. The van der Waals surface area contributed by atoms with Crippen molar-refractivity contribution in [2.75, 3.05) is 11.9 Å². The summed E-state index contributed by atoms with van der Waals surface area (Å²) in [4.78, 5) is 0. The Kier molecular flexibility index (Phi) is 7.18. The molecule has 0 aliphatic rings. The highest BCUT2D eigenvalue weighted by molar-refractivity contribution is 9.10. The van der Waals surface area contributed by atoms with Gasteiger partial charge >= 0.3 is 0 Å². The smallest absolute Gasteiger partial charge is 0.175 e. The van der Waals surface area contributed by atoms with Gasteiger partial charge in [0.1, 0.15) is 12.4 Å². The lowest BCUT2D eigenvalue weighted by molar-refractivity contribution is 0.267. The van der Waals surface area contributed by atoms with Crippen molar-refractivity contribution in [3.8, 4) is 11.5 Å². The summed E-state index contributed by atoms with van der Waals surface area (Å²) >= 11 is 9.77. The Morgan fingerprint density at radius 2 is 1.75 bits per heavy atom. The average Bonchev–Trinajstić information content (AvgIpc) is 2.68. The fourth-order valence-corrected chi connectivity index (χ4v) is 3.47. The van der Waals surface area contributed by atoms with Gasteiger partial charge in [-0.25, -0.2) is 4.39 Å². The molecule has 1 N–H and O–H groups in total. The highest BCUT2D eigenvalue weighted by Gasteiger charge is 2.13. The first-order chi connectivity index (χ1) is 13.6. The number of hydrogen-bond donors (Lipinski definition) is 1. The van der Waals surface area contributed by atoms with Crippen LogP contribution in [0.1, 0.15) is 18.1 Å². The van der Waals surface area contributed by atoms with E-state index in [2.05, 4.69) is 21.2 Å². The van der Waals surface area contributed by atoms with Gasteiger partial charge < -0.3 is 14.8 Å². The molecule has 3 aromatic carbocycles. The van der Waals surface area contributed by atoms with Gasteiger partial charge in [0.25, 0.3) is 0 Å². The molecule has 0 spiro atoms. The van der Waals surface area contributed by atoms with Crippen LogP contribution in [0, 0.1) is 5.82 Å². The SMILES string of the molecule is CCOc1cc(CNc2ccccc2Cl)cc(Br)c1OCc1ccc(F)cc1. The van der Waals surface area contributed by atoms with Crippen LogP contribution in [-0.2, 0) is 13.2 Å². The Morgan fingerprint density at radius 1 is 1.00 bits per heavy atom. The molecular weight excluding hydrogens is 445 g/mol. The van der Waals surface area contributed by atoms with E-state index >= 15 is 0 Å². The van der Waals surface area contributed by atoms with Gasteiger partial charge in [0.2, 0.25) is 0 Å². The van der Waals surface area contributed by atoms with E-state index in [4.69, 9.17) is 21.1 Å². The first kappa shape index (κ1) is 20.5. The van der Waals surface area contributed by atoms with Crippen LogP contribution in [0.15, 0.2) is 65.1 Å². The number of rotatable bonds is 8. The molecule has 0 bridgehead atoms. The van der Waals surface area contributed by atoms with Gasteiger partial charge in [-0.3, -0.25) is 0 Å². The molecule has 146 valence electrons.